The Kier molecular flexibility index (Phi) is 6.42. The Morgan fingerprint density at radius 3 is 1.57 bits per heavy atom. The normalized spacial score (nSPS) is 19.0. The summed E-state index contributed by atoms with van der Waals surface area (Å²) in [6.45, 7) is -1.69. The number of aliphatic carboxylic acids is 4. The zero-order valence-corrected chi connectivity index (χ0v) is 12.3. The summed E-state index contributed by atoms with van der Waals surface area (Å²) < 4.78 is 0. The van der Waals surface area contributed by atoms with Crippen LogP contribution < -0.4 is 5.32 Å². The molecule has 11 heteroatoms. The molecule has 1 fully saturated rings. The molecule has 0 aromatic carbocycles. The van der Waals surface area contributed by atoms with Crippen molar-refractivity contribution >= 4 is 23.9 Å². The summed E-state index contributed by atoms with van der Waals surface area (Å²) in [4.78, 5) is 46.9. The summed E-state index contributed by atoms with van der Waals surface area (Å²) in [5.74, 6) is -4.96. The predicted molar refractivity (Wildman–Crippen MR) is 74.2 cm³/mol. The molecule has 0 bridgehead atoms. The molecule has 0 aromatic heterocycles. The van der Waals surface area contributed by atoms with E-state index in [4.69, 9.17) is 15.3 Å². The molecule has 5 N–H and O–H groups in total. The van der Waals surface area contributed by atoms with E-state index >= 15 is 0 Å². The summed E-state index contributed by atoms with van der Waals surface area (Å²) in [6, 6.07) is 0. The number of hydrogen-bond acceptors (Lipinski definition) is 7. The molecule has 1 saturated heterocycles. The molecule has 0 amide bonds. The molecule has 1 aliphatic rings. The van der Waals surface area contributed by atoms with Crippen molar-refractivity contribution in [2.75, 3.05) is 45.8 Å². The first-order chi connectivity index (χ1) is 10.6. The van der Waals surface area contributed by atoms with Crippen molar-refractivity contribution in [2.45, 2.75) is 5.54 Å². The van der Waals surface area contributed by atoms with Gasteiger partial charge in [-0.1, -0.05) is 0 Å². The van der Waals surface area contributed by atoms with E-state index in [1.807, 2.05) is 0 Å². The molecule has 0 atom stereocenters. The van der Waals surface area contributed by atoms with Crippen LogP contribution in [0.2, 0.25) is 0 Å². The molecule has 0 aliphatic carbocycles. The van der Waals surface area contributed by atoms with Crippen LogP contribution in [0.15, 0.2) is 0 Å². The van der Waals surface area contributed by atoms with Crippen molar-refractivity contribution in [1.29, 1.82) is 0 Å². The Hall–Kier alpha value is -2.24. The summed E-state index contributed by atoms with van der Waals surface area (Å²) in [7, 11) is 0. The van der Waals surface area contributed by atoms with Gasteiger partial charge in [-0.3, -0.25) is 34.3 Å². The minimum atomic E-state index is -1.78. The fourth-order valence-electron chi connectivity index (χ4n) is 2.47. The molecule has 130 valence electrons. The van der Waals surface area contributed by atoms with Gasteiger partial charge < -0.3 is 20.4 Å². The maximum Gasteiger partial charge on any atom is 0.326 e. The molecule has 1 rings (SSSR count). The Balaban J connectivity index is 3.05. The number of carbonyl (C=O) groups is 4. The first-order valence-corrected chi connectivity index (χ1v) is 6.73. The average molecular weight is 333 g/mol. The van der Waals surface area contributed by atoms with Crippen LogP contribution in [0.3, 0.4) is 0 Å². The molecule has 1 aliphatic heterocycles. The fraction of sp³-hybridized carbons (Fsp3) is 0.667. The van der Waals surface area contributed by atoms with E-state index in [2.05, 4.69) is 5.32 Å². The Bertz CT molecular complexity index is 469. The summed E-state index contributed by atoms with van der Waals surface area (Å²) >= 11 is 0. The molecular formula is C12H19N3O8. The van der Waals surface area contributed by atoms with Crippen molar-refractivity contribution < 1.29 is 39.6 Å². The van der Waals surface area contributed by atoms with Gasteiger partial charge in [-0.05, 0) is 0 Å². The zero-order chi connectivity index (χ0) is 17.6. The minimum Gasteiger partial charge on any atom is -0.480 e. The van der Waals surface area contributed by atoms with Crippen LogP contribution in [-0.4, -0.2) is 105 Å². The first kappa shape index (κ1) is 18.8. The van der Waals surface area contributed by atoms with Gasteiger partial charge in [0.25, 0.3) is 0 Å². The monoisotopic (exact) mass is 333 g/mol. The number of nitrogens with one attached hydrogen (secondary N) is 1. The van der Waals surface area contributed by atoms with Gasteiger partial charge in [0.05, 0.1) is 19.6 Å². The van der Waals surface area contributed by atoms with E-state index in [1.54, 1.807) is 0 Å². The highest BCUT2D eigenvalue weighted by Crippen LogP contribution is 2.15. The number of nitrogens with zero attached hydrogens (tertiary/aromatic N) is 2. The van der Waals surface area contributed by atoms with Crippen LogP contribution >= 0.6 is 0 Å². The zero-order valence-electron chi connectivity index (χ0n) is 12.3. The number of carboxylic acids is 4. The second-order valence-electron chi connectivity index (χ2n) is 5.34. The lowest BCUT2D eigenvalue weighted by molar-refractivity contribution is -0.149. The van der Waals surface area contributed by atoms with E-state index in [1.165, 1.54) is 9.80 Å². The van der Waals surface area contributed by atoms with Gasteiger partial charge in [-0.2, -0.15) is 0 Å². The van der Waals surface area contributed by atoms with Crippen LogP contribution in [0.5, 0.6) is 0 Å². The standard InChI is InChI=1S/C12H19N3O8/c16-8(17)3-13-12(11(22)23)6-14(4-9(18)19)1-2-15(7-12)5-10(20)21/h13H,1-7H2,(H,16,17)(H,18,19)(H,20,21)(H,22,23). The highest BCUT2D eigenvalue weighted by atomic mass is 16.4. The van der Waals surface area contributed by atoms with E-state index in [-0.39, 0.29) is 26.2 Å². The molecule has 0 unspecified atom stereocenters. The molecule has 0 radical (unpaired) electrons. The van der Waals surface area contributed by atoms with Crippen LogP contribution in [0.4, 0.5) is 0 Å². The van der Waals surface area contributed by atoms with Gasteiger partial charge in [0, 0.05) is 26.2 Å². The van der Waals surface area contributed by atoms with E-state index in [0.29, 0.717) is 0 Å². The maximum absolute atomic E-state index is 11.7. The third-order valence-corrected chi connectivity index (χ3v) is 3.42. The topological polar surface area (TPSA) is 168 Å². The van der Waals surface area contributed by atoms with E-state index < -0.39 is 49.1 Å². The maximum atomic E-state index is 11.7. The van der Waals surface area contributed by atoms with Gasteiger partial charge in [0.1, 0.15) is 5.54 Å². The molecule has 23 heavy (non-hydrogen) atoms. The summed E-state index contributed by atoms with van der Waals surface area (Å²) in [6.07, 6.45) is 0. The van der Waals surface area contributed by atoms with Crippen LogP contribution in [-0.2, 0) is 19.2 Å². The van der Waals surface area contributed by atoms with E-state index in [0.717, 1.165) is 0 Å². The van der Waals surface area contributed by atoms with Gasteiger partial charge in [-0.25, -0.2) is 0 Å². The number of hydrogen-bond donors (Lipinski definition) is 5. The Morgan fingerprint density at radius 2 is 1.26 bits per heavy atom. The van der Waals surface area contributed by atoms with Gasteiger partial charge in [0.15, 0.2) is 0 Å². The SMILES string of the molecule is O=C(O)CNC1(C(=O)O)CN(CC(=O)O)CCN(CC(=O)O)C1. The van der Waals surface area contributed by atoms with E-state index in [9.17, 15) is 24.3 Å². The lowest BCUT2D eigenvalue weighted by Crippen LogP contribution is -2.64. The third kappa shape index (κ3) is 5.81. The summed E-state index contributed by atoms with van der Waals surface area (Å²) in [5, 5.41) is 38.5. The quantitative estimate of drug-likeness (QED) is 0.313. The van der Waals surface area contributed by atoms with Gasteiger partial charge >= 0.3 is 23.9 Å². The van der Waals surface area contributed by atoms with Gasteiger partial charge in [-0.15, -0.1) is 0 Å². The minimum absolute atomic E-state index is 0.156. The molecular weight excluding hydrogens is 314 g/mol. The van der Waals surface area contributed by atoms with Crippen molar-refractivity contribution in [3.63, 3.8) is 0 Å². The van der Waals surface area contributed by atoms with Crippen molar-refractivity contribution in [3.8, 4) is 0 Å². The fourth-order valence-corrected chi connectivity index (χ4v) is 2.47. The molecule has 0 aromatic rings. The lowest BCUT2D eigenvalue weighted by Gasteiger charge is -2.34. The second kappa shape index (κ2) is 7.85. The highest BCUT2D eigenvalue weighted by Gasteiger charge is 2.44. The third-order valence-electron chi connectivity index (χ3n) is 3.42. The smallest absolute Gasteiger partial charge is 0.326 e. The number of carboxylic acid groups (broad SMARTS) is 4. The molecule has 11 nitrogen and oxygen atoms in total. The van der Waals surface area contributed by atoms with Gasteiger partial charge in [0.2, 0.25) is 0 Å². The first-order valence-electron chi connectivity index (χ1n) is 6.73. The molecule has 0 spiro atoms. The van der Waals surface area contributed by atoms with Crippen molar-refractivity contribution in [2.24, 2.45) is 0 Å². The lowest BCUT2D eigenvalue weighted by atomic mass is 9.98. The molecule has 0 saturated carbocycles. The van der Waals surface area contributed by atoms with Crippen LogP contribution in [0.1, 0.15) is 0 Å². The van der Waals surface area contributed by atoms with Crippen molar-refractivity contribution in [1.82, 2.24) is 15.1 Å². The largest absolute Gasteiger partial charge is 0.480 e. The Morgan fingerprint density at radius 1 is 0.826 bits per heavy atom. The summed E-state index contributed by atoms with van der Waals surface area (Å²) in [5.41, 5.74) is -1.78. The average Bonchev–Trinajstić information content (AvgIpc) is 2.56. The second-order valence-corrected chi connectivity index (χ2v) is 5.34. The van der Waals surface area contributed by atoms with Crippen LogP contribution in [0, 0.1) is 0 Å². The van der Waals surface area contributed by atoms with Crippen molar-refractivity contribution in [3.05, 3.63) is 0 Å². The Labute approximate surface area is 131 Å². The predicted octanol–water partition coefficient (Wildman–Crippen LogP) is -2.73. The van der Waals surface area contributed by atoms with Crippen LogP contribution in [0.25, 0.3) is 0 Å². The number of rotatable bonds is 8. The molecule has 1 heterocycles. The highest BCUT2D eigenvalue weighted by molar-refractivity contribution is 5.81.